The summed E-state index contributed by atoms with van der Waals surface area (Å²) in [5.74, 6) is 0. The van der Waals surface area contributed by atoms with E-state index < -0.39 is 6.98 Å². The first-order chi connectivity index (χ1) is 3.42. The maximum absolute atomic E-state index is 6.68. The van der Waals surface area contributed by atoms with Gasteiger partial charge in [0, 0.05) is 10.2 Å². The van der Waals surface area contributed by atoms with Crippen LogP contribution in [0.1, 0.15) is 18.0 Å². The van der Waals surface area contributed by atoms with Crippen LogP contribution in [0, 0.1) is 0 Å². The van der Waals surface area contributed by atoms with E-state index in [2.05, 4.69) is 5.32 Å². The van der Waals surface area contributed by atoms with Gasteiger partial charge in [-0.3, -0.25) is 0 Å². The highest BCUT2D eigenvalue weighted by Gasteiger charge is 1.76. The van der Waals surface area contributed by atoms with Gasteiger partial charge in [0.15, 0.2) is 0 Å². The zero-order chi connectivity index (χ0) is 6.78. The number of nitrogens with one attached hydrogen (secondary N) is 1. The third-order valence-electron chi connectivity index (χ3n) is 0.289. The predicted octanol–water partition coefficient (Wildman–Crippen LogP) is 0.614. The first-order valence-corrected chi connectivity index (χ1v) is 1.69. The largest absolute Gasteiger partial charge is 0.318 e. The molecule has 1 heteroatoms. The van der Waals surface area contributed by atoms with E-state index in [9.17, 15) is 0 Å². The second kappa shape index (κ2) is 2.21. The lowest BCUT2D eigenvalue weighted by atomic mass is 10.4. The van der Waals surface area contributed by atoms with Crippen molar-refractivity contribution in [2.45, 2.75) is 19.9 Å². The smallest absolute Gasteiger partial charge is 0.0391 e. The van der Waals surface area contributed by atoms with E-state index in [-0.39, 0.29) is 6.04 Å². The molecule has 0 aromatic heterocycles. The molecule has 0 aliphatic carbocycles. The predicted molar refractivity (Wildman–Crippen MR) is 24.2 cm³/mol. The van der Waals surface area contributed by atoms with E-state index in [1.54, 1.807) is 13.8 Å². The maximum atomic E-state index is 6.68. The van der Waals surface area contributed by atoms with Gasteiger partial charge in [-0.15, -0.1) is 0 Å². The summed E-state index contributed by atoms with van der Waals surface area (Å²) in [6.07, 6.45) is 0. The molecule has 0 saturated heterocycles. The van der Waals surface area contributed by atoms with Crippen molar-refractivity contribution in [3.8, 4) is 0 Å². The van der Waals surface area contributed by atoms with Crippen LogP contribution in [0.25, 0.3) is 0 Å². The molecule has 0 heterocycles. The summed E-state index contributed by atoms with van der Waals surface area (Å²) in [4.78, 5) is 0. The van der Waals surface area contributed by atoms with Gasteiger partial charge in [-0.25, -0.2) is 0 Å². The van der Waals surface area contributed by atoms with Gasteiger partial charge in [-0.1, -0.05) is 13.8 Å². The fraction of sp³-hybridized carbons (Fsp3) is 1.00. The highest BCUT2D eigenvalue weighted by atomic mass is 14.8. The van der Waals surface area contributed by atoms with E-state index in [1.807, 2.05) is 0 Å². The molecule has 0 aromatic carbocycles. The molecule has 0 aliphatic heterocycles. The molecular formula is C4H11N. The Morgan fingerprint density at radius 3 is 2.40 bits per heavy atom. The van der Waals surface area contributed by atoms with Crippen LogP contribution in [0.15, 0.2) is 0 Å². The van der Waals surface area contributed by atoms with Crippen LogP contribution in [0.2, 0.25) is 0 Å². The van der Waals surface area contributed by atoms with Crippen LogP contribution >= 0.6 is 0 Å². The molecule has 32 valence electrons. The van der Waals surface area contributed by atoms with E-state index in [4.69, 9.17) is 4.11 Å². The van der Waals surface area contributed by atoms with Crippen LogP contribution in [0.3, 0.4) is 0 Å². The Morgan fingerprint density at radius 1 is 1.80 bits per heavy atom. The Morgan fingerprint density at radius 2 is 2.40 bits per heavy atom. The zero-order valence-electron chi connectivity index (χ0n) is 6.58. The average molecular weight is 76.2 g/mol. The molecule has 0 atom stereocenters. The Bertz CT molecular complexity index is 66.2. The lowest BCUT2D eigenvalue weighted by Crippen LogP contribution is -2.15. The van der Waals surface area contributed by atoms with Crippen LogP contribution in [0.4, 0.5) is 0 Å². The van der Waals surface area contributed by atoms with Crippen LogP contribution in [0.5, 0.6) is 0 Å². The van der Waals surface area contributed by atoms with Crippen molar-refractivity contribution in [3.63, 3.8) is 0 Å². The van der Waals surface area contributed by atoms with Crippen molar-refractivity contribution in [1.29, 1.82) is 0 Å². The third-order valence-corrected chi connectivity index (χ3v) is 0.289. The van der Waals surface area contributed by atoms with Crippen molar-refractivity contribution in [1.82, 2.24) is 5.32 Å². The number of hydrogen-bond donors (Lipinski definition) is 1. The summed E-state index contributed by atoms with van der Waals surface area (Å²) in [5.41, 5.74) is 0. The first-order valence-electron chi connectivity index (χ1n) is 3.19. The van der Waals surface area contributed by atoms with E-state index in [0.29, 0.717) is 0 Å². The van der Waals surface area contributed by atoms with Gasteiger partial charge in [-0.05, 0) is 6.98 Å². The first kappa shape index (κ1) is 1.61. The molecule has 0 unspecified atom stereocenters. The second-order valence-corrected chi connectivity index (χ2v) is 1.30. The van der Waals surface area contributed by atoms with E-state index >= 15 is 0 Å². The molecule has 1 N–H and O–H groups in total. The lowest BCUT2D eigenvalue weighted by molar-refractivity contribution is 0.668. The molecule has 0 radical (unpaired) electrons. The minimum Gasteiger partial charge on any atom is -0.318 e. The Labute approximate surface area is 37.6 Å². The van der Waals surface area contributed by atoms with Crippen molar-refractivity contribution < 1.29 is 4.11 Å². The molecule has 0 aromatic rings. The average Bonchev–Trinajstić information content (AvgIpc) is 1.21. The summed E-state index contributed by atoms with van der Waals surface area (Å²) in [7, 11) is 0. The summed E-state index contributed by atoms with van der Waals surface area (Å²) in [6.45, 7) is 1.62. The minimum atomic E-state index is -1.98. The van der Waals surface area contributed by atoms with E-state index in [0.717, 1.165) is 0 Å². The molecule has 0 saturated carbocycles. The zero-order valence-corrected chi connectivity index (χ0v) is 3.58. The molecule has 1 nitrogen and oxygen atoms in total. The summed E-state index contributed by atoms with van der Waals surface area (Å²) in [6, 6.07) is 0.0301. The highest BCUT2D eigenvalue weighted by molar-refractivity contribution is 4.40. The Balaban J connectivity index is 3.39. The third kappa shape index (κ3) is 3.96. The van der Waals surface area contributed by atoms with E-state index in [1.165, 1.54) is 0 Å². The maximum Gasteiger partial charge on any atom is 0.0391 e. The summed E-state index contributed by atoms with van der Waals surface area (Å²) >= 11 is 0. The second-order valence-electron chi connectivity index (χ2n) is 1.30. The van der Waals surface area contributed by atoms with Gasteiger partial charge in [-0.2, -0.15) is 0 Å². The quantitative estimate of drug-likeness (QED) is 0.482. The fourth-order valence-corrected chi connectivity index (χ4v) is 0. The Hall–Kier alpha value is -0.0400. The molecular weight excluding hydrogens is 62.1 g/mol. The molecule has 0 fully saturated rings. The molecule has 0 spiro atoms. The van der Waals surface area contributed by atoms with Gasteiger partial charge >= 0.3 is 0 Å². The molecule has 0 bridgehead atoms. The van der Waals surface area contributed by atoms with Crippen LogP contribution in [-0.4, -0.2) is 13.0 Å². The van der Waals surface area contributed by atoms with Crippen molar-refractivity contribution in [2.24, 2.45) is 0 Å². The monoisotopic (exact) mass is 76.1 g/mol. The van der Waals surface area contributed by atoms with Gasteiger partial charge in [0.05, 0.1) is 0 Å². The normalized spacial score (nSPS) is 21.0. The van der Waals surface area contributed by atoms with Crippen molar-refractivity contribution in [3.05, 3.63) is 0 Å². The molecule has 5 heavy (non-hydrogen) atoms. The topological polar surface area (TPSA) is 12.0 Å². The summed E-state index contributed by atoms with van der Waals surface area (Å²) < 4.78 is 20.1. The van der Waals surface area contributed by atoms with Crippen molar-refractivity contribution >= 4 is 0 Å². The van der Waals surface area contributed by atoms with Crippen molar-refractivity contribution in [2.75, 3.05) is 6.98 Å². The van der Waals surface area contributed by atoms with Gasteiger partial charge in [0.25, 0.3) is 0 Å². The Kier molecular flexibility index (Phi) is 0.711. The SMILES string of the molecule is [2H]C([2H])([2H])NC(C)C. The number of rotatable bonds is 1. The number of hydrogen-bond acceptors (Lipinski definition) is 1. The van der Waals surface area contributed by atoms with Gasteiger partial charge in [0.2, 0.25) is 0 Å². The molecule has 0 aliphatic rings. The highest BCUT2D eigenvalue weighted by Crippen LogP contribution is 1.66. The van der Waals surface area contributed by atoms with Crippen LogP contribution in [-0.2, 0) is 0 Å². The minimum absolute atomic E-state index is 0.0301. The molecule has 0 rings (SSSR count). The lowest BCUT2D eigenvalue weighted by Gasteiger charge is -1.95. The van der Waals surface area contributed by atoms with Crippen LogP contribution < -0.4 is 5.32 Å². The van der Waals surface area contributed by atoms with Gasteiger partial charge in [0.1, 0.15) is 0 Å². The fourth-order valence-electron chi connectivity index (χ4n) is 0. The summed E-state index contributed by atoms with van der Waals surface area (Å²) in [5, 5.41) is 2.38. The molecule has 0 amide bonds. The van der Waals surface area contributed by atoms with Gasteiger partial charge < -0.3 is 5.32 Å². The standard InChI is InChI=1S/C4H11N/c1-4(2)5-3/h4-5H,1-3H3/i3D3.